The number of fused-ring (bicyclic) bond motifs is 1. The quantitative estimate of drug-likeness (QED) is 0.783. The van der Waals surface area contributed by atoms with Crippen molar-refractivity contribution in [3.63, 3.8) is 0 Å². The van der Waals surface area contributed by atoms with Gasteiger partial charge in [0.15, 0.2) is 5.13 Å². The predicted molar refractivity (Wildman–Crippen MR) is 116 cm³/mol. The molecule has 0 spiro atoms. The molecule has 2 N–H and O–H groups in total. The lowest BCUT2D eigenvalue weighted by atomic mass is 9.85. The molecular formula is C22H28N4O2S. The Labute approximate surface area is 175 Å². The summed E-state index contributed by atoms with van der Waals surface area (Å²) in [6, 6.07) is 4.18. The van der Waals surface area contributed by atoms with E-state index in [0.717, 1.165) is 59.6 Å². The van der Waals surface area contributed by atoms with Crippen molar-refractivity contribution in [2.75, 3.05) is 23.7 Å². The number of aromatic nitrogens is 1. The number of thiazole rings is 1. The first kappa shape index (κ1) is 20.0. The molecule has 2 aliphatic rings. The molecule has 0 atom stereocenters. The number of carbonyl (C=O) groups is 2. The van der Waals surface area contributed by atoms with Crippen LogP contribution in [0.5, 0.6) is 0 Å². The molecule has 6 nitrogen and oxygen atoms in total. The number of amides is 2. The zero-order chi connectivity index (χ0) is 20.5. The first-order chi connectivity index (χ1) is 13.9. The van der Waals surface area contributed by atoms with Gasteiger partial charge in [-0.05, 0) is 44.7 Å². The van der Waals surface area contributed by atoms with Crippen LogP contribution in [-0.4, -0.2) is 34.8 Å². The Balaban J connectivity index is 1.35. The lowest BCUT2D eigenvalue weighted by Gasteiger charge is -2.25. The van der Waals surface area contributed by atoms with Gasteiger partial charge in [0, 0.05) is 36.0 Å². The Kier molecular flexibility index (Phi) is 5.69. The predicted octanol–water partition coefficient (Wildman–Crippen LogP) is 3.80. The maximum absolute atomic E-state index is 12.6. The Bertz CT molecular complexity index is 925. The lowest BCUT2D eigenvalue weighted by Crippen LogP contribution is -2.36. The van der Waals surface area contributed by atoms with Gasteiger partial charge in [-0.2, -0.15) is 0 Å². The maximum Gasteiger partial charge on any atom is 0.238 e. The van der Waals surface area contributed by atoms with E-state index in [-0.39, 0.29) is 17.7 Å². The van der Waals surface area contributed by atoms with Crippen molar-refractivity contribution in [1.82, 2.24) is 9.88 Å². The molecule has 4 rings (SSSR count). The second-order valence-corrected chi connectivity index (χ2v) is 9.37. The summed E-state index contributed by atoms with van der Waals surface area (Å²) in [6.07, 6.45) is 3.92. The van der Waals surface area contributed by atoms with Gasteiger partial charge in [-0.15, -0.1) is 11.3 Å². The Morgan fingerprint density at radius 2 is 1.90 bits per heavy atom. The van der Waals surface area contributed by atoms with E-state index in [0.29, 0.717) is 18.2 Å². The molecule has 1 saturated carbocycles. The summed E-state index contributed by atoms with van der Waals surface area (Å²) in [5.74, 6) is 0.263. The van der Waals surface area contributed by atoms with E-state index < -0.39 is 0 Å². The molecule has 29 heavy (non-hydrogen) atoms. The minimum Gasteiger partial charge on any atom is -0.324 e. The SMILES string of the molecule is Cc1cc(C)c(NC(=O)CN2CCc3nc(NC(=O)C4CCC4)sc3C2)c(C)c1. The Hall–Kier alpha value is -2.25. The van der Waals surface area contributed by atoms with Gasteiger partial charge in [-0.1, -0.05) is 24.1 Å². The highest BCUT2D eigenvalue weighted by Crippen LogP contribution is 2.31. The topological polar surface area (TPSA) is 74.3 Å². The normalized spacial score (nSPS) is 16.8. The first-order valence-corrected chi connectivity index (χ1v) is 11.1. The molecule has 0 bridgehead atoms. The van der Waals surface area contributed by atoms with Crippen LogP contribution >= 0.6 is 11.3 Å². The fourth-order valence-corrected chi connectivity index (χ4v) is 5.13. The van der Waals surface area contributed by atoms with Gasteiger partial charge in [-0.3, -0.25) is 14.5 Å². The summed E-state index contributed by atoms with van der Waals surface area (Å²) in [5, 5.41) is 6.76. The van der Waals surface area contributed by atoms with Crippen LogP contribution in [0, 0.1) is 26.7 Å². The summed E-state index contributed by atoms with van der Waals surface area (Å²) >= 11 is 1.54. The second kappa shape index (κ2) is 8.24. The number of carbonyl (C=O) groups excluding carboxylic acids is 2. The minimum absolute atomic E-state index is 0.00604. The molecule has 1 aromatic carbocycles. The van der Waals surface area contributed by atoms with Gasteiger partial charge in [0.25, 0.3) is 0 Å². The molecule has 1 aliphatic carbocycles. The Morgan fingerprint density at radius 3 is 2.55 bits per heavy atom. The molecule has 1 aromatic heterocycles. The fraction of sp³-hybridized carbons (Fsp3) is 0.500. The van der Waals surface area contributed by atoms with Crippen LogP contribution in [-0.2, 0) is 22.6 Å². The van der Waals surface area contributed by atoms with Crippen LogP contribution in [0.3, 0.4) is 0 Å². The van der Waals surface area contributed by atoms with E-state index in [2.05, 4.69) is 39.6 Å². The van der Waals surface area contributed by atoms with E-state index in [1.807, 2.05) is 13.8 Å². The summed E-state index contributed by atoms with van der Waals surface area (Å²) in [4.78, 5) is 32.7. The maximum atomic E-state index is 12.6. The molecule has 0 unspecified atom stereocenters. The van der Waals surface area contributed by atoms with Crippen molar-refractivity contribution in [2.24, 2.45) is 5.92 Å². The molecule has 2 aromatic rings. The number of hydrogen-bond acceptors (Lipinski definition) is 5. The fourth-order valence-electron chi connectivity index (χ4n) is 4.07. The zero-order valence-corrected chi connectivity index (χ0v) is 18.1. The van der Waals surface area contributed by atoms with Gasteiger partial charge in [0.2, 0.25) is 11.8 Å². The van der Waals surface area contributed by atoms with Crippen molar-refractivity contribution in [1.29, 1.82) is 0 Å². The average Bonchev–Trinajstić information content (AvgIpc) is 2.97. The highest BCUT2D eigenvalue weighted by atomic mass is 32.1. The van der Waals surface area contributed by atoms with Crippen molar-refractivity contribution < 1.29 is 9.59 Å². The zero-order valence-electron chi connectivity index (χ0n) is 17.3. The second-order valence-electron chi connectivity index (χ2n) is 8.29. The molecule has 2 amide bonds. The van der Waals surface area contributed by atoms with Crippen LogP contribution in [0.25, 0.3) is 0 Å². The number of hydrogen-bond donors (Lipinski definition) is 2. The van der Waals surface area contributed by atoms with Crippen LogP contribution in [0.4, 0.5) is 10.8 Å². The monoisotopic (exact) mass is 412 g/mol. The van der Waals surface area contributed by atoms with Crippen molar-refractivity contribution in [2.45, 2.75) is 53.0 Å². The highest BCUT2D eigenvalue weighted by molar-refractivity contribution is 7.15. The van der Waals surface area contributed by atoms with Crippen molar-refractivity contribution in [3.05, 3.63) is 39.4 Å². The third-order valence-electron chi connectivity index (χ3n) is 5.83. The van der Waals surface area contributed by atoms with Crippen molar-refractivity contribution in [3.8, 4) is 0 Å². The van der Waals surface area contributed by atoms with E-state index >= 15 is 0 Å². The standard InChI is InChI=1S/C22H28N4O2S/c1-13-9-14(2)20(15(3)10-13)24-19(27)12-26-8-7-17-18(11-26)29-22(23-17)25-21(28)16-5-4-6-16/h9-10,16H,4-8,11-12H2,1-3H3,(H,24,27)(H,23,25,28). The van der Waals surface area contributed by atoms with E-state index in [9.17, 15) is 9.59 Å². The van der Waals surface area contributed by atoms with Crippen LogP contribution in [0.15, 0.2) is 12.1 Å². The summed E-state index contributed by atoms with van der Waals surface area (Å²) in [5.41, 5.74) is 5.35. The Morgan fingerprint density at radius 1 is 1.17 bits per heavy atom. The molecule has 2 heterocycles. The van der Waals surface area contributed by atoms with E-state index in [1.165, 1.54) is 5.56 Å². The minimum atomic E-state index is 0.00604. The smallest absolute Gasteiger partial charge is 0.238 e. The number of nitrogens with zero attached hydrogens (tertiary/aromatic N) is 2. The number of rotatable bonds is 5. The third kappa shape index (κ3) is 4.51. The molecular weight excluding hydrogens is 384 g/mol. The molecule has 1 fully saturated rings. The molecule has 0 saturated heterocycles. The molecule has 1 aliphatic heterocycles. The van der Waals surface area contributed by atoms with Crippen LogP contribution in [0.2, 0.25) is 0 Å². The number of anilines is 2. The van der Waals surface area contributed by atoms with Crippen molar-refractivity contribution >= 4 is 34.0 Å². The van der Waals surface area contributed by atoms with Gasteiger partial charge in [-0.25, -0.2) is 4.98 Å². The van der Waals surface area contributed by atoms with Gasteiger partial charge in [0.1, 0.15) is 0 Å². The van der Waals surface area contributed by atoms with Crippen LogP contribution < -0.4 is 10.6 Å². The summed E-state index contributed by atoms with van der Waals surface area (Å²) in [7, 11) is 0. The van der Waals surface area contributed by atoms with E-state index in [4.69, 9.17) is 0 Å². The summed E-state index contributed by atoms with van der Waals surface area (Å²) in [6.45, 7) is 7.97. The highest BCUT2D eigenvalue weighted by Gasteiger charge is 2.27. The molecule has 7 heteroatoms. The van der Waals surface area contributed by atoms with Gasteiger partial charge >= 0.3 is 0 Å². The largest absolute Gasteiger partial charge is 0.324 e. The van der Waals surface area contributed by atoms with Gasteiger partial charge in [0.05, 0.1) is 12.2 Å². The number of aryl methyl sites for hydroxylation is 3. The van der Waals surface area contributed by atoms with Gasteiger partial charge < -0.3 is 10.6 Å². The third-order valence-corrected chi connectivity index (χ3v) is 6.82. The van der Waals surface area contributed by atoms with E-state index in [1.54, 1.807) is 11.3 Å². The number of nitrogens with one attached hydrogen (secondary N) is 2. The van der Waals surface area contributed by atoms with Crippen LogP contribution in [0.1, 0.15) is 46.5 Å². The average molecular weight is 413 g/mol. The lowest BCUT2D eigenvalue weighted by molar-refractivity contribution is -0.122. The first-order valence-electron chi connectivity index (χ1n) is 10.3. The molecule has 0 radical (unpaired) electrons. The molecule has 154 valence electrons. The summed E-state index contributed by atoms with van der Waals surface area (Å²) < 4.78 is 0. The number of benzene rings is 1.